The zero-order chi connectivity index (χ0) is 25.7. The van der Waals surface area contributed by atoms with E-state index in [2.05, 4.69) is 6.92 Å². The Morgan fingerprint density at radius 3 is 1.89 bits per heavy atom. The lowest BCUT2D eigenvalue weighted by atomic mass is 9.69. The van der Waals surface area contributed by atoms with Crippen LogP contribution < -0.4 is 9.47 Å². The number of carbonyl (C=O) groups excluding carboxylic acids is 1. The lowest BCUT2D eigenvalue weighted by molar-refractivity contribution is 0.0728. The van der Waals surface area contributed by atoms with Crippen molar-refractivity contribution < 1.29 is 31.8 Å². The normalized spacial score (nSPS) is 24.4. The van der Waals surface area contributed by atoms with E-state index in [1.54, 1.807) is 0 Å². The van der Waals surface area contributed by atoms with Crippen LogP contribution in [-0.4, -0.2) is 12.6 Å². The van der Waals surface area contributed by atoms with Crippen molar-refractivity contribution in [1.82, 2.24) is 0 Å². The highest BCUT2D eigenvalue weighted by Crippen LogP contribution is 2.42. The Balaban J connectivity index is 1.24. The number of carbonyl (C=O) groups is 1. The van der Waals surface area contributed by atoms with E-state index in [4.69, 9.17) is 9.47 Å². The van der Waals surface area contributed by atoms with E-state index >= 15 is 0 Å². The molecular formula is C29H34F4O3. The molecule has 2 aliphatic carbocycles. The summed E-state index contributed by atoms with van der Waals surface area (Å²) in [5.74, 6) is -3.92. The smallest absolute Gasteiger partial charge is 0.346 e. The van der Waals surface area contributed by atoms with Crippen LogP contribution in [0.15, 0.2) is 30.3 Å². The van der Waals surface area contributed by atoms with Crippen LogP contribution in [0, 0.1) is 46.9 Å². The molecule has 0 unspecified atom stereocenters. The van der Waals surface area contributed by atoms with E-state index in [1.807, 2.05) is 0 Å². The second-order valence-electron chi connectivity index (χ2n) is 10.4. The van der Waals surface area contributed by atoms with Gasteiger partial charge in [-0.3, -0.25) is 0 Å². The van der Waals surface area contributed by atoms with E-state index in [1.165, 1.54) is 63.5 Å². The largest absolute Gasteiger partial charge is 0.493 e. The summed E-state index contributed by atoms with van der Waals surface area (Å²) in [6.45, 7) is 2.77. The van der Waals surface area contributed by atoms with Crippen molar-refractivity contribution in [2.75, 3.05) is 6.61 Å². The Labute approximate surface area is 210 Å². The molecule has 2 aromatic rings. The topological polar surface area (TPSA) is 35.5 Å². The predicted molar refractivity (Wildman–Crippen MR) is 129 cm³/mol. The molecule has 2 saturated carbocycles. The first-order valence-electron chi connectivity index (χ1n) is 13.1. The number of hydrogen-bond donors (Lipinski definition) is 0. The molecule has 0 aliphatic heterocycles. The number of hydrogen-bond acceptors (Lipinski definition) is 3. The van der Waals surface area contributed by atoms with Crippen LogP contribution in [0.4, 0.5) is 17.6 Å². The molecule has 3 nitrogen and oxygen atoms in total. The van der Waals surface area contributed by atoms with Crippen molar-refractivity contribution in [2.24, 2.45) is 23.7 Å². The maximum atomic E-state index is 14.5. The fourth-order valence-electron chi connectivity index (χ4n) is 5.90. The van der Waals surface area contributed by atoms with E-state index in [0.717, 1.165) is 36.7 Å². The van der Waals surface area contributed by atoms with E-state index in [-0.39, 0.29) is 0 Å². The summed E-state index contributed by atoms with van der Waals surface area (Å²) in [5, 5.41) is 0. The van der Waals surface area contributed by atoms with Gasteiger partial charge in [-0.05, 0) is 74.3 Å². The van der Waals surface area contributed by atoms with Crippen molar-refractivity contribution in [3.8, 4) is 11.5 Å². The highest BCUT2D eigenvalue weighted by Gasteiger charge is 2.31. The molecule has 0 aromatic heterocycles. The summed E-state index contributed by atoms with van der Waals surface area (Å²) < 4.78 is 64.9. The minimum Gasteiger partial charge on any atom is -0.493 e. The average Bonchev–Trinajstić information content (AvgIpc) is 2.87. The first-order chi connectivity index (χ1) is 17.3. The highest BCUT2D eigenvalue weighted by molar-refractivity contribution is 5.91. The Bertz CT molecular complexity index is 1020. The number of halogens is 4. The van der Waals surface area contributed by atoms with E-state index < -0.39 is 40.6 Å². The molecule has 0 N–H and O–H groups in total. The van der Waals surface area contributed by atoms with Crippen LogP contribution in [0.3, 0.4) is 0 Å². The molecule has 2 aromatic carbocycles. The molecule has 0 heterocycles. The van der Waals surface area contributed by atoms with Crippen LogP contribution in [0.5, 0.6) is 11.5 Å². The van der Waals surface area contributed by atoms with Gasteiger partial charge in [-0.2, -0.15) is 0 Å². The highest BCUT2D eigenvalue weighted by atomic mass is 19.2. The van der Waals surface area contributed by atoms with Crippen LogP contribution >= 0.6 is 0 Å². The van der Waals surface area contributed by atoms with Crippen molar-refractivity contribution in [3.05, 3.63) is 59.2 Å². The average molecular weight is 507 g/mol. The zero-order valence-electron chi connectivity index (χ0n) is 20.7. The standard InChI is InChI=1S/C29H34F4O3/c1-2-3-18-4-8-20(9-5-18)21-10-6-19(7-11-21)17-35-22-12-13-24(25(30)14-22)29(34)36-23-15-26(31)28(33)27(32)16-23/h12-16,18-21H,2-11,17H2,1H3. The molecule has 2 aliphatic rings. The van der Waals surface area contributed by atoms with Gasteiger partial charge in [0.15, 0.2) is 17.5 Å². The second-order valence-corrected chi connectivity index (χ2v) is 10.4. The Kier molecular flexibility index (Phi) is 8.91. The molecule has 0 saturated heterocycles. The van der Waals surface area contributed by atoms with Crippen LogP contribution in [-0.2, 0) is 0 Å². The van der Waals surface area contributed by atoms with Gasteiger partial charge in [0.2, 0.25) is 0 Å². The number of rotatable bonds is 8. The fourth-order valence-corrected chi connectivity index (χ4v) is 5.90. The molecule has 2 fully saturated rings. The molecule has 36 heavy (non-hydrogen) atoms. The summed E-state index contributed by atoms with van der Waals surface area (Å²) in [5.41, 5.74) is -0.415. The minimum absolute atomic E-state index is 0.305. The number of ether oxygens (including phenoxy) is 2. The molecule has 4 rings (SSSR count). The summed E-state index contributed by atoms with van der Waals surface area (Å²) in [7, 11) is 0. The fraction of sp³-hybridized carbons (Fsp3) is 0.552. The molecule has 0 atom stereocenters. The van der Waals surface area contributed by atoms with Crippen LogP contribution in [0.25, 0.3) is 0 Å². The summed E-state index contributed by atoms with van der Waals surface area (Å²) in [4.78, 5) is 12.2. The summed E-state index contributed by atoms with van der Waals surface area (Å²) in [6, 6.07) is 4.82. The Morgan fingerprint density at radius 1 is 0.778 bits per heavy atom. The molecular weight excluding hydrogens is 472 g/mol. The van der Waals surface area contributed by atoms with Gasteiger partial charge >= 0.3 is 5.97 Å². The van der Waals surface area contributed by atoms with Gasteiger partial charge in [0.05, 0.1) is 12.2 Å². The van der Waals surface area contributed by atoms with Crippen LogP contribution in [0.1, 0.15) is 81.5 Å². The van der Waals surface area contributed by atoms with Gasteiger partial charge in [-0.15, -0.1) is 0 Å². The van der Waals surface area contributed by atoms with Gasteiger partial charge in [0.1, 0.15) is 17.3 Å². The lowest BCUT2D eigenvalue weighted by Gasteiger charge is -2.37. The van der Waals surface area contributed by atoms with E-state index in [0.29, 0.717) is 30.4 Å². The minimum atomic E-state index is -1.68. The van der Waals surface area contributed by atoms with Gasteiger partial charge < -0.3 is 9.47 Å². The van der Waals surface area contributed by atoms with Crippen molar-refractivity contribution in [2.45, 2.75) is 71.1 Å². The Morgan fingerprint density at radius 2 is 1.33 bits per heavy atom. The third-order valence-corrected chi connectivity index (χ3v) is 7.96. The SMILES string of the molecule is CCCC1CCC(C2CCC(COc3ccc(C(=O)Oc4cc(F)c(F)c(F)c4)c(F)c3)CC2)CC1. The molecule has 0 radical (unpaired) electrons. The molecule has 0 bridgehead atoms. The van der Waals surface area contributed by atoms with Gasteiger partial charge in [-0.25, -0.2) is 22.4 Å². The maximum absolute atomic E-state index is 14.5. The first-order valence-corrected chi connectivity index (χ1v) is 13.1. The predicted octanol–water partition coefficient (Wildman–Crippen LogP) is 8.25. The quantitative estimate of drug-likeness (QED) is 0.156. The molecule has 196 valence electrons. The monoisotopic (exact) mass is 506 g/mol. The lowest BCUT2D eigenvalue weighted by Crippen LogP contribution is -2.27. The Hall–Kier alpha value is -2.57. The van der Waals surface area contributed by atoms with Crippen LogP contribution in [0.2, 0.25) is 0 Å². The van der Waals surface area contributed by atoms with Crippen molar-refractivity contribution in [3.63, 3.8) is 0 Å². The number of esters is 1. The maximum Gasteiger partial charge on any atom is 0.346 e. The molecule has 7 heteroatoms. The third-order valence-electron chi connectivity index (χ3n) is 7.96. The summed E-state index contributed by atoms with van der Waals surface area (Å²) >= 11 is 0. The van der Waals surface area contributed by atoms with Gasteiger partial charge in [0.25, 0.3) is 0 Å². The van der Waals surface area contributed by atoms with Crippen molar-refractivity contribution in [1.29, 1.82) is 0 Å². The molecule has 0 amide bonds. The zero-order valence-corrected chi connectivity index (χ0v) is 20.7. The third kappa shape index (κ3) is 6.60. The van der Waals surface area contributed by atoms with Crippen molar-refractivity contribution >= 4 is 5.97 Å². The van der Waals surface area contributed by atoms with Gasteiger partial charge in [0, 0.05) is 18.2 Å². The summed E-state index contributed by atoms with van der Waals surface area (Å²) in [6.07, 6.45) is 12.8. The number of benzene rings is 2. The van der Waals surface area contributed by atoms with E-state index in [9.17, 15) is 22.4 Å². The second kappa shape index (κ2) is 12.1. The van der Waals surface area contributed by atoms with Gasteiger partial charge in [-0.1, -0.05) is 32.6 Å². The first kappa shape index (κ1) is 26.5. The molecule has 0 spiro atoms.